The van der Waals surface area contributed by atoms with Crippen LogP contribution in [0.1, 0.15) is 31.3 Å². The van der Waals surface area contributed by atoms with Gasteiger partial charge in [0.15, 0.2) is 10.8 Å². The molecular formula is C11H16BrN3O3. The first-order chi connectivity index (χ1) is 8.32. The van der Waals surface area contributed by atoms with Crippen molar-refractivity contribution in [1.82, 2.24) is 9.55 Å². The Labute approximate surface area is 114 Å². The molecule has 0 radical (unpaired) electrons. The van der Waals surface area contributed by atoms with Crippen LogP contribution in [0.2, 0.25) is 0 Å². The highest BCUT2D eigenvalue weighted by Crippen LogP contribution is 2.22. The predicted octanol–water partition coefficient (Wildman–Crippen LogP) is 2.23. The quantitative estimate of drug-likeness (QED) is 0.513. The van der Waals surface area contributed by atoms with Crippen LogP contribution in [-0.4, -0.2) is 26.1 Å². The summed E-state index contributed by atoms with van der Waals surface area (Å²) in [5, 5.41) is 20.1. The molecule has 1 N–H and O–H groups in total. The van der Waals surface area contributed by atoms with Crippen LogP contribution in [0.25, 0.3) is 0 Å². The van der Waals surface area contributed by atoms with Crippen LogP contribution in [-0.2, 0) is 6.54 Å². The van der Waals surface area contributed by atoms with Crippen molar-refractivity contribution in [1.29, 1.82) is 0 Å². The number of aromatic nitrogens is 2. The molecule has 0 amide bonds. The fourth-order valence-corrected chi connectivity index (χ4v) is 2.15. The molecule has 0 aliphatic carbocycles. The summed E-state index contributed by atoms with van der Waals surface area (Å²) in [7, 11) is 0. The third kappa shape index (κ3) is 3.64. The van der Waals surface area contributed by atoms with Crippen molar-refractivity contribution in [2.45, 2.75) is 33.4 Å². The Bertz CT molecular complexity index is 478. The Hall–Kier alpha value is -1.21. The molecule has 18 heavy (non-hydrogen) atoms. The Morgan fingerprint density at radius 2 is 2.28 bits per heavy atom. The van der Waals surface area contributed by atoms with Gasteiger partial charge in [-0.3, -0.25) is 10.1 Å². The van der Waals surface area contributed by atoms with Gasteiger partial charge in [-0.25, -0.2) is 4.98 Å². The van der Waals surface area contributed by atoms with Crippen molar-refractivity contribution in [3.8, 4) is 0 Å². The molecule has 0 fully saturated rings. The topological polar surface area (TPSA) is 81.2 Å². The summed E-state index contributed by atoms with van der Waals surface area (Å²) >= 11 is 3.29. The first-order valence-corrected chi connectivity index (χ1v) is 6.28. The number of hydrogen-bond acceptors (Lipinski definition) is 4. The lowest BCUT2D eigenvalue weighted by molar-refractivity contribution is -0.491. The molecule has 0 aliphatic heterocycles. The number of aliphatic hydroxyl groups excluding tert-OH is 1. The van der Waals surface area contributed by atoms with E-state index in [1.54, 1.807) is 6.92 Å². The van der Waals surface area contributed by atoms with E-state index in [1.165, 1.54) is 5.57 Å². The van der Waals surface area contributed by atoms with Gasteiger partial charge in [-0.05, 0) is 36.7 Å². The molecule has 0 aliphatic rings. The molecule has 0 spiro atoms. The van der Waals surface area contributed by atoms with E-state index in [-0.39, 0.29) is 0 Å². The molecule has 0 saturated carbocycles. The summed E-state index contributed by atoms with van der Waals surface area (Å²) in [6.07, 6.45) is 0.840. The standard InChI is InChI=1S/C11H16BrN3O3/c1-7(2)4-5-14-8(3)10(13-11(14)12)9(16)6-15(17)18/h4,9,16H,5-6H2,1-3H3. The molecule has 1 aromatic heterocycles. The van der Waals surface area contributed by atoms with Gasteiger partial charge in [0.2, 0.25) is 6.54 Å². The van der Waals surface area contributed by atoms with E-state index in [4.69, 9.17) is 0 Å². The van der Waals surface area contributed by atoms with Gasteiger partial charge < -0.3 is 9.67 Å². The van der Waals surface area contributed by atoms with Gasteiger partial charge >= 0.3 is 0 Å². The van der Waals surface area contributed by atoms with Crippen LogP contribution in [0.4, 0.5) is 0 Å². The largest absolute Gasteiger partial charge is 0.380 e. The number of hydrogen-bond donors (Lipinski definition) is 1. The molecule has 0 saturated heterocycles. The zero-order valence-electron chi connectivity index (χ0n) is 10.6. The van der Waals surface area contributed by atoms with Crippen molar-refractivity contribution >= 4 is 15.9 Å². The van der Waals surface area contributed by atoms with Gasteiger partial charge in [0.1, 0.15) is 0 Å². The van der Waals surface area contributed by atoms with Crippen molar-refractivity contribution < 1.29 is 10.0 Å². The first-order valence-electron chi connectivity index (χ1n) is 5.48. The number of nitro groups is 1. The maximum atomic E-state index is 10.4. The second-order valence-electron chi connectivity index (χ2n) is 4.27. The normalized spacial score (nSPS) is 12.3. The number of imidazole rings is 1. The minimum Gasteiger partial charge on any atom is -0.380 e. The lowest BCUT2D eigenvalue weighted by atomic mass is 10.2. The van der Waals surface area contributed by atoms with Crippen LogP contribution < -0.4 is 0 Å². The zero-order valence-corrected chi connectivity index (χ0v) is 12.1. The molecule has 7 heteroatoms. The third-order valence-corrected chi connectivity index (χ3v) is 3.14. The first kappa shape index (κ1) is 14.8. The number of halogens is 1. The van der Waals surface area contributed by atoms with Crippen LogP contribution in [0.15, 0.2) is 16.4 Å². The van der Waals surface area contributed by atoms with E-state index >= 15 is 0 Å². The van der Waals surface area contributed by atoms with Crippen LogP contribution >= 0.6 is 15.9 Å². The lowest BCUT2D eigenvalue weighted by Crippen LogP contribution is -2.13. The van der Waals surface area contributed by atoms with Gasteiger partial charge in [-0.2, -0.15) is 0 Å². The average molecular weight is 318 g/mol. The molecule has 0 bridgehead atoms. The highest BCUT2D eigenvalue weighted by molar-refractivity contribution is 9.10. The summed E-state index contributed by atoms with van der Waals surface area (Å²) in [5.74, 6) is 0. The van der Waals surface area contributed by atoms with Gasteiger partial charge in [0.25, 0.3) is 0 Å². The van der Waals surface area contributed by atoms with Crippen LogP contribution in [0, 0.1) is 17.0 Å². The Morgan fingerprint density at radius 3 is 2.78 bits per heavy atom. The molecule has 6 nitrogen and oxygen atoms in total. The minimum absolute atomic E-state index is 0.348. The maximum absolute atomic E-state index is 10.4. The van der Waals surface area contributed by atoms with Crippen LogP contribution in [0.3, 0.4) is 0 Å². The summed E-state index contributed by atoms with van der Waals surface area (Å²) < 4.78 is 2.42. The van der Waals surface area contributed by atoms with E-state index in [2.05, 4.69) is 20.9 Å². The van der Waals surface area contributed by atoms with Crippen molar-refractivity contribution in [3.05, 3.63) is 37.9 Å². The van der Waals surface area contributed by atoms with Gasteiger partial charge in [0.05, 0.1) is 5.69 Å². The zero-order chi connectivity index (χ0) is 13.9. The molecule has 1 aromatic rings. The third-order valence-electron chi connectivity index (χ3n) is 2.53. The highest BCUT2D eigenvalue weighted by atomic mass is 79.9. The van der Waals surface area contributed by atoms with E-state index in [0.29, 0.717) is 17.0 Å². The SMILES string of the molecule is CC(C)=CCn1c(Br)nc(C(O)C[N+](=O)[O-])c1C. The summed E-state index contributed by atoms with van der Waals surface area (Å²) in [4.78, 5) is 14.0. The van der Waals surface area contributed by atoms with E-state index in [0.717, 1.165) is 5.69 Å². The number of nitrogens with zero attached hydrogens (tertiary/aromatic N) is 3. The van der Waals surface area contributed by atoms with Crippen molar-refractivity contribution in [2.24, 2.45) is 0 Å². The van der Waals surface area contributed by atoms with Crippen molar-refractivity contribution in [2.75, 3.05) is 6.54 Å². The second-order valence-corrected chi connectivity index (χ2v) is 4.98. The summed E-state index contributed by atoms with van der Waals surface area (Å²) in [5.41, 5.74) is 2.25. The smallest absolute Gasteiger partial charge is 0.235 e. The monoisotopic (exact) mass is 317 g/mol. The number of allylic oxidation sites excluding steroid dienone is 2. The molecule has 100 valence electrons. The van der Waals surface area contributed by atoms with E-state index in [9.17, 15) is 15.2 Å². The van der Waals surface area contributed by atoms with Gasteiger partial charge in [0, 0.05) is 17.2 Å². The fraction of sp³-hybridized carbons (Fsp3) is 0.545. The Morgan fingerprint density at radius 1 is 1.67 bits per heavy atom. The number of rotatable bonds is 5. The lowest BCUT2D eigenvalue weighted by Gasteiger charge is -2.06. The molecular weight excluding hydrogens is 302 g/mol. The molecule has 1 heterocycles. The fourth-order valence-electron chi connectivity index (χ4n) is 1.55. The Kier molecular flexibility index (Phi) is 5.03. The molecule has 1 unspecified atom stereocenters. The number of aliphatic hydroxyl groups is 1. The Balaban J connectivity index is 2.99. The molecule has 1 atom stereocenters. The summed E-state index contributed by atoms with van der Waals surface area (Å²) in [6, 6.07) is 0. The van der Waals surface area contributed by atoms with Gasteiger partial charge in [-0.1, -0.05) is 11.6 Å². The predicted molar refractivity (Wildman–Crippen MR) is 70.9 cm³/mol. The van der Waals surface area contributed by atoms with E-state index in [1.807, 2.05) is 24.5 Å². The summed E-state index contributed by atoms with van der Waals surface area (Å²) in [6.45, 7) is 5.85. The molecule has 0 aromatic carbocycles. The minimum atomic E-state index is -1.18. The second kappa shape index (κ2) is 6.10. The maximum Gasteiger partial charge on any atom is 0.235 e. The van der Waals surface area contributed by atoms with Crippen molar-refractivity contribution in [3.63, 3.8) is 0 Å². The van der Waals surface area contributed by atoms with Gasteiger partial charge in [-0.15, -0.1) is 0 Å². The molecule has 1 rings (SSSR count). The highest BCUT2D eigenvalue weighted by Gasteiger charge is 2.22. The van der Waals surface area contributed by atoms with E-state index < -0.39 is 17.6 Å². The average Bonchev–Trinajstić information content (AvgIpc) is 2.51. The van der Waals surface area contributed by atoms with Crippen LogP contribution in [0.5, 0.6) is 0 Å².